The number of aromatic nitrogens is 1. The topological polar surface area (TPSA) is 51.4 Å². The van der Waals surface area contributed by atoms with Gasteiger partial charge in [-0.15, -0.1) is 0 Å². The number of morpholine rings is 1. The minimum absolute atomic E-state index is 0.206. The van der Waals surface area contributed by atoms with E-state index in [4.69, 9.17) is 10.5 Å². The Bertz CT molecular complexity index is 596. The first-order valence-corrected chi connectivity index (χ1v) is 7.71. The van der Waals surface area contributed by atoms with E-state index < -0.39 is 0 Å². The smallest absolute Gasteiger partial charge is 0.0622 e. The van der Waals surface area contributed by atoms with Crippen LogP contribution in [0.15, 0.2) is 36.7 Å². The quantitative estimate of drug-likeness (QED) is 0.937. The first-order valence-electron chi connectivity index (χ1n) is 7.71. The molecule has 3 rings (SSSR count). The molecule has 0 amide bonds. The van der Waals surface area contributed by atoms with E-state index in [0.717, 1.165) is 26.2 Å². The fourth-order valence-corrected chi connectivity index (χ4v) is 3.28. The highest BCUT2D eigenvalue weighted by molar-refractivity contribution is 5.85. The van der Waals surface area contributed by atoms with Crippen molar-refractivity contribution in [1.82, 2.24) is 9.88 Å². The van der Waals surface area contributed by atoms with Crippen molar-refractivity contribution in [1.29, 1.82) is 0 Å². The van der Waals surface area contributed by atoms with Crippen LogP contribution in [0.5, 0.6) is 0 Å². The zero-order chi connectivity index (χ0) is 14.7. The summed E-state index contributed by atoms with van der Waals surface area (Å²) in [5, 5.41) is 2.43. The van der Waals surface area contributed by atoms with Gasteiger partial charge in [-0.2, -0.15) is 0 Å². The monoisotopic (exact) mass is 285 g/mol. The molecule has 0 saturated carbocycles. The van der Waals surface area contributed by atoms with Crippen molar-refractivity contribution in [2.75, 3.05) is 26.3 Å². The first kappa shape index (κ1) is 14.4. The highest BCUT2D eigenvalue weighted by Crippen LogP contribution is 2.29. The van der Waals surface area contributed by atoms with E-state index in [0.29, 0.717) is 12.6 Å². The van der Waals surface area contributed by atoms with Gasteiger partial charge in [0.05, 0.1) is 13.2 Å². The molecule has 4 heteroatoms. The van der Waals surface area contributed by atoms with Gasteiger partial charge in [0, 0.05) is 43.0 Å². The number of pyridine rings is 1. The minimum Gasteiger partial charge on any atom is -0.378 e. The lowest BCUT2D eigenvalue weighted by atomic mass is 9.98. The second-order valence-electron chi connectivity index (χ2n) is 5.58. The molecule has 1 aliphatic heterocycles. The zero-order valence-corrected chi connectivity index (χ0v) is 12.5. The van der Waals surface area contributed by atoms with Crippen LogP contribution in [0.1, 0.15) is 24.9 Å². The van der Waals surface area contributed by atoms with Crippen LogP contribution in [0.3, 0.4) is 0 Å². The number of hydrogen-bond acceptors (Lipinski definition) is 4. The number of nitrogens with two attached hydrogens (primary N) is 1. The van der Waals surface area contributed by atoms with Gasteiger partial charge in [-0.3, -0.25) is 9.88 Å². The molecule has 0 bridgehead atoms. The molecular formula is C17H23N3O. The number of hydrogen-bond donors (Lipinski definition) is 1. The average molecular weight is 285 g/mol. The Morgan fingerprint density at radius 3 is 3.05 bits per heavy atom. The molecule has 0 spiro atoms. The lowest BCUT2D eigenvalue weighted by molar-refractivity contribution is -0.0288. The molecule has 1 saturated heterocycles. The Kier molecular flexibility index (Phi) is 4.48. The summed E-state index contributed by atoms with van der Waals surface area (Å²) in [5.74, 6) is 0. The molecule has 2 heterocycles. The van der Waals surface area contributed by atoms with Crippen molar-refractivity contribution in [3.8, 4) is 0 Å². The molecule has 4 nitrogen and oxygen atoms in total. The van der Waals surface area contributed by atoms with Crippen molar-refractivity contribution in [2.45, 2.75) is 25.4 Å². The maximum Gasteiger partial charge on any atom is 0.0622 e. The summed E-state index contributed by atoms with van der Waals surface area (Å²) in [6.07, 6.45) is 4.97. The number of rotatable bonds is 4. The highest BCUT2D eigenvalue weighted by atomic mass is 16.5. The van der Waals surface area contributed by atoms with Crippen LogP contribution < -0.4 is 5.73 Å². The maximum absolute atomic E-state index is 6.13. The van der Waals surface area contributed by atoms with Crippen LogP contribution in [0, 0.1) is 0 Å². The second-order valence-corrected chi connectivity index (χ2v) is 5.58. The van der Waals surface area contributed by atoms with Crippen molar-refractivity contribution < 1.29 is 4.74 Å². The summed E-state index contributed by atoms with van der Waals surface area (Å²) in [5.41, 5.74) is 7.37. The number of fused-ring (bicyclic) bond motifs is 1. The molecule has 1 aromatic carbocycles. The summed E-state index contributed by atoms with van der Waals surface area (Å²) in [7, 11) is 0. The van der Waals surface area contributed by atoms with Gasteiger partial charge in [0.1, 0.15) is 0 Å². The molecule has 0 aliphatic carbocycles. The molecule has 1 aromatic heterocycles. The summed E-state index contributed by atoms with van der Waals surface area (Å²) in [4.78, 5) is 6.91. The van der Waals surface area contributed by atoms with Gasteiger partial charge < -0.3 is 10.5 Å². The van der Waals surface area contributed by atoms with Crippen LogP contribution in [0.25, 0.3) is 10.8 Å². The molecule has 2 atom stereocenters. The van der Waals surface area contributed by atoms with Crippen LogP contribution >= 0.6 is 0 Å². The van der Waals surface area contributed by atoms with E-state index in [1.165, 1.54) is 16.3 Å². The minimum atomic E-state index is 0.206. The summed E-state index contributed by atoms with van der Waals surface area (Å²) < 4.78 is 5.62. The first-order chi connectivity index (χ1) is 10.3. The number of ether oxygens (including phenoxy) is 1. The fraction of sp³-hybridized carbons (Fsp3) is 0.471. The Hall–Kier alpha value is -1.49. The molecule has 21 heavy (non-hydrogen) atoms. The third-order valence-corrected chi connectivity index (χ3v) is 4.43. The van der Waals surface area contributed by atoms with Gasteiger partial charge in [-0.25, -0.2) is 0 Å². The Morgan fingerprint density at radius 2 is 2.24 bits per heavy atom. The summed E-state index contributed by atoms with van der Waals surface area (Å²) in [6.45, 7) is 5.33. The summed E-state index contributed by atoms with van der Waals surface area (Å²) in [6, 6.07) is 9.04. The van der Waals surface area contributed by atoms with Crippen LogP contribution in [0.4, 0.5) is 0 Å². The zero-order valence-electron chi connectivity index (χ0n) is 12.5. The molecular weight excluding hydrogens is 262 g/mol. The maximum atomic E-state index is 6.13. The average Bonchev–Trinajstić information content (AvgIpc) is 2.56. The SMILES string of the molecule is CCC1COCCN1C(CN)c1cncc2ccccc12. The predicted molar refractivity (Wildman–Crippen MR) is 85.1 cm³/mol. The Balaban J connectivity index is 2.01. The molecule has 1 fully saturated rings. The van der Waals surface area contributed by atoms with Crippen molar-refractivity contribution in [3.63, 3.8) is 0 Å². The number of nitrogens with zero attached hydrogens (tertiary/aromatic N) is 2. The molecule has 0 radical (unpaired) electrons. The van der Waals surface area contributed by atoms with E-state index in [2.05, 4.69) is 41.1 Å². The van der Waals surface area contributed by atoms with Crippen molar-refractivity contribution in [3.05, 3.63) is 42.2 Å². The fourth-order valence-electron chi connectivity index (χ4n) is 3.28. The molecule has 1 aliphatic rings. The van der Waals surface area contributed by atoms with Crippen molar-refractivity contribution >= 4 is 10.8 Å². The van der Waals surface area contributed by atoms with Crippen LogP contribution in [0.2, 0.25) is 0 Å². The largest absolute Gasteiger partial charge is 0.378 e. The van der Waals surface area contributed by atoms with Gasteiger partial charge in [0.15, 0.2) is 0 Å². The van der Waals surface area contributed by atoms with E-state index in [9.17, 15) is 0 Å². The third-order valence-electron chi connectivity index (χ3n) is 4.43. The Labute approximate surface area is 125 Å². The van der Waals surface area contributed by atoms with Crippen LogP contribution in [-0.4, -0.2) is 42.2 Å². The lowest BCUT2D eigenvalue weighted by Crippen LogP contribution is -2.48. The Morgan fingerprint density at radius 1 is 1.38 bits per heavy atom. The lowest BCUT2D eigenvalue weighted by Gasteiger charge is -2.40. The van der Waals surface area contributed by atoms with E-state index >= 15 is 0 Å². The molecule has 2 unspecified atom stereocenters. The molecule has 2 aromatic rings. The molecule has 2 N–H and O–H groups in total. The van der Waals surface area contributed by atoms with Crippen molar-refractivity contribution in [2.24, 2.45) is 5.73 Å². The van der Waals surface area contributed by atoms with E-state index in [-0.39, 0.29) is 6.04 Å². The molecule has 112 valence electrons. The normalized spacial score (nSPS) is 21.5. The second kappa shape index (κ2) is 6.52. The van der Waals surface area contributed by atoms with Gasteiger partial charge in [0.25, 0.3) is 0 Å². The standard InChI is InChI=1S/C17H23N3O/c1-2-14-12-21-8-7-20(14)17(9-18)16-11-19-10-13-5-3-4-6-15(13)16/h3-6,10-11,14,17H,2,7-9,12,18H2,1H3. The van der Waals surface area contributed by atoms with Gasteiger partial charge >= 0.3 is 0 Å². The highest BCUT2D eigenvalue weighted by Gasteiger charge is 2.29. The van der Waals surface area contributed by atoms with E-state index in [1.807, 2.05) is 12.4 Å². The van der Waals surface area contributed by atoms with E-state index in [1.54, 1.807) is 0 Å². The third kappa shape index (κ3) is 2.79. The van der Waals surface area contributed by atoms with Gasteiger partial charge in [-0.05, 0) is 17.4 Å². The van der Waals surface area contributed by atoms with Gasteiger partial charge in [-0.1, -0.05) is 31.2 Å². The van der Waals surface area contributed by atoms with Crippen LogP contribution in [-0.2, 0) is 4.74 Å². The number of benzene rings is 1. The summed E-state index contributed by atoms with van der Waals surface area (Å²) >= 11 is 0. The predicted octanol–water partition coefficient (Wildman–Crippen LogP) is 2.35. The van der Waals surface area contributed by atoms with Gasteiger partial charge in [0.2, 0.25) is 0 Å².